The molecule has 0 unspecified atom stereocenters. The molecule has 4 nitrogen and oxygen atoms in total. The third-order valence-electron chi connectivity index (χ3n) is 3.06. The predicted octanol–water partition coefficient (Wildman–Crippen LogP) is 2.38. The summed E-state index contributed by atoms with van der Waals surface area (Å²) in [5.41, 5.74) is 0.600. The van der Waals surface area contributed by atoms with E-state index in [0.29, 0.717) is 0 Å². The van der Waals surface area contributed by atoms with Gasteiger partial charge in [0.2, 0.25) is 0 Å². The summed E-state index contributed by atoms with van der Waals surface area (Å²) in [4.78, 5) is 5.99. The van der Waals surface area contributed by atoms with E-state index in [0.717, 1.165) is 30.4 Å². The number of nitrogens with zero attached hydrogens (tertiary/aromatic N) is 1. The summed E-state index contributed by atoms with van der Waals surface area (Å²) in [6, 6.07) is 0. The summed E-state index contributed by atoms with van der Waals surface area (Å²) in [7, 11) is 1.71. The molecule has 0 radical (unpaired) electrons. The summed E-state index contributed by atoms with van der Waals surface area (Å²) < 4.78 is 11.1. The van der Waals surface area contributed by atoms with E-state index in [4.69, 9.17) is 14.5 Å². The maximum absolute atomic E-state index is 6.05. The molecule has 2 rings (SSSR count). The van der Waals surface area contributed by atoms with Crippen LogP contribution in [0.2, 0.25) is 0 Å². The zero-order valence-corrected chi connectivity index (χ0v) is 12.6. The molecule has 2 heterocycles. The molecule has 0 saturated heterocycles. The molecular formula is C13H22N2O2S. The van der Waals surface area contributed by atoms with Crippen LogP contribution in [0.15, 0.2) is 0 Å². The number of fused-ring (bicyclic) bond motifs is 1. The van der Waals surface area contributed by atoms with Gasteiger partial charge in [-0.1, -0.05) is 0 Å². The topological polar surface area (TPSA) is 43.4 Å². The smallest absolute Gasteiger partial charge is 0.107 e. The Balaban J connectivity index is 2.09. The lowest BCUT2D eigenvalue weighted by molar-refractivity contribution is -0.105. The monoisotopic (exact) mass is 270 g/mol. The molecule has 0 saturated carbocycles. The standard InChI is InChI=1S/C13H22N2O2S/c1-12(2)10-11(13(3,4)17-12)18-9(15-10)8-14-6-7-16-5/h14H,6-8H2,1-5H3. The highest BCUT2D eigenvalue weighted by Crippen LogP contribution is 2.48. The van der Waals surface area contributed by atoms with Gasteiger partial charge in [-0.15, -0.1) is 11.3 Å². The SMILES string of the molecule is COCCNCc1nc2c(s1)C(C)(C)OC2(C)C. The van der Waals surface area contributed by atoms with Crippen molar-refractivity contribution in [3.8, 4) is 0 Å². The largest absolute Gasteiger partial charge is 0.383 e. The van der Waals surface area contributed by atoms with Gasteiger partial charge < -0.3 is 14.8 Å². The highest BCUT2D eigenvalue weighted by Gasteiger charge is 2.46. The average molecular weight is 270 g/mol. The van der Waals surface area contributed by atoms with Crippen molar-refractivity contribution in [3.63, 3.8) is 0 Å². The molecule has 0 aromatic carbocycles. The minimum Gasteiger partial charge on any atom is -0.383 e. The molecule has 0 bridgehead atoms. The Morgan fingerprint density at radius 3 is 2.61 bits per heavy atom. The average Bonchev–Trinajstić information content (AvgIpc) is 2.74. The molecule has 1 aliphatic rings. The van der Waals surface area contributed by atoms with Crippen LogP contribution >= 0.6 is 11.3 Å². The van der Waals surface area contributed by atoms with Crippen LogP contribution in [0, 0.1) is 0 Å². The Kier molecular flexibility index (Phi) is 3.78. The van der Waals surface area contributed by atoms with Crippen molar-refractivity contribution in [2.24, 2.45) is 0 Å². The lowest BCUT2D eigenvalue weighted by Gasteiger charge is -2.24. The van der Waals surface area contributed by atoms with Gasteiger partial charge in [0.25, 0.3) is 0 Å². The van der Waals surface area contributed by atoms with E-state index in [2.05, 4.69) is 33.0 Å². The van der Waals surface area contributed by atoms with Gasteiger partial charge >= 0.3 is 0 Å². The molecule has 1 aliphatic heterocycles. The fraction of sp³-hybridized carbons (Fsp3) is 0.769. The van der Waals surface area contributed by atoms with Crippen molar-refractivity contribution in [1.82, 2.24) is 10.3 Å². The number of hydrogen-bond acceptors (Lipinski definition) is 5. The van der Waals surface area contributed by atoms with E-state index < -0.39 is 0 Å². The summed E-state index contributed by atoms with van der Waals surface area (Å²) in [5, 5.41) is 4.45. The third-order valence-corrected chi connectivity index (χ3v) is 4.42. The fourth-order valence-electron chi connectivity index (χ4n) is 2.36. The van der Waals surface area contributed by atoms with Crippen LogP contribution in [0.4, 0.5) is 0 Å². The Labute approximate surface area is 113 Å². The fourth-order valence-corrected chi connectivity index (χ4v) is 3.58. The van der Waals surface area contributed by atoms with Gasteiger partial charge in [-0.2, -0.15) is 0 Å². The number of nitrogens with one attached hydrogen (secondary N) is 1. The summed E-state index contributed by atoms with van der Waals surface area (Å²) in [5.74, 6) is 0. The third kappa shape index (κ3) is 2.59. The van der Waals surface area contributed by atoms with Crippen molar-refractivity contribution in [1.29, 1.82) is 0 Å². The highest BCUT2D eigenvalue weighted by atomic mass is 32.1. The number of methoxy groups -OCH3 is 1. The first kappa shape index (κ1) is 13.9. The van der Waals surface area contributed by atoms with Gasteiger partial charge in [-0.3, -0.25) is 0 Å². The minimum atomic E-state index is -0.278. The maximum Gasteiger partial charge on any atom is 0.107 e. The van der Waals surface area contributed by atoms with Gasteiger partial charge in [0, 0.05) is 20.2 Å². The van der Waals surface area contributed by atoms with Crippen molar-refractivity contribution in [3.05, 3.63) is 15.6 Å². The maximum atomic E-state index is 6.05. The molecule has 18 heavy (non-hydrogen) atoms. The van der Waals surface area contributed by atoms with Crippen molar-refractivity contribution >= 4 is 11.3 Å². The van der Waals surface area contributed by atoms with Crippen LogP contribution in [-0.4, -0.2) is 25.2 Å². The molecule has 0 amide bonds. The first-order valence-corrected chi connectivity index (χ1v) is 7.09. The minimum absolute atomic E-state index is 0.221. The van der Waals surface area contributed by atoms with Crippen LogP contribution in [0.5, 0.6) is 0 Å². The zero-order valence-electron chi connectivity index (χ0n) is 11.8. The Morgan fingerprint density at radius 2 is 2.00 bits per heavy atom. The van der Waals surface area contributed by atoms with E-state index in [-0.39, 0.29) is 11.2 Å². The molecule has 1 aromatic heterocycles. The molecule has 1 aromatic rings. The van der Waals surface area contributed by atoms with E-state index in [1.807, 2.05) is 0 Å². The van der Waals surface area contributed by atoms with Gasteiger partial charge in [-0.25, -0.2) is 4.98 Å². The second kappa shape index (κ2) is 4.89. The zero-order chi connectivity index (χ0) is 13.4. The van der Waals surface area contributed by atoms with Crippen LogP contribution in [0.25, 0.3) is 0 Å². The number of thiazole rings is 1. The van der Waals surface area contributed by atoms with Crippen molar-refractivity contribution < 1.29 is 9.47 Å². The lowest BCUT2D eigenvalue weighted by Crippen LogP contribution is -2.24. The first-order valence-electron chi connectivity index (χ1n) is 6.27. The van der Waals surface area contributed by atoms with Gasteiger partial charge in [0.05, 0.1) is 22.8 Å². The molecular weight excluding hydrogens is 248 g/mol. The molecule has 5 heteroatoms. The summed E-state index contributed by atoms with van der Waals surface area (Å²) in [6.45, 7) is 10.8. The highest BCUT2D eigenvalue weighted by molar-refractivity contribution is 7.12. The van der Waals surface area contributed by atoms with Gasteiger partial charge in [-0.05, 0) is 27.7 Å². The number of aromatic nitrogens is 1. The summed E-state index contributed by atoms with van der Waals surface area (Å²) >= 11 is 1.75. The predicted molar refractivity (Wildman–Crippen MR) is 72.8 cm³/mol. The molecule has 1 N–H and O–H groups in total. The van der Waals surface area contributed by atoms with Crippen molar-refractivity contribution in [2.75, 3.05) is 20.3 Å². The van der Waals surface area contributed by atoms with Gasteiger partial charge in [0.1, 0.15) is 10.6 Å². The normalized spacial score (nSPS) is 20.1. The number of ether oxygens (including phenoxy) is 2. The van der Waals surface area contributed by atoms with E-state index in [1.165, 1.54) is 4.88 Å². The van der Waals surface area contributed by atoms with E-state index >= 15 is 0 Å². The van der Waals surface area contributed by atoms with E-state index in [1.54, 1.807) is 18.4 Å². The quantitative estimate of drug-likeness (QED) is 0.834. The second-order valence-corrected chi connectivity index (χ2v) is 6.66. The van der Waals surface area contributed by atoms with Crippen molar-refractivity contribution in [2.45, 2.75) is 45.4 Å². The Hall–Kier alpha value is -0.490. The molecule has 0 fully saturated rings. The lowest BCUT2D eigenvalue weighted by atomic mass is 10.0. The molecule has 102 valence electrons. The first-order chi connectivity index (χ1) is 8.37. The number of hydrogen-bond donors (Lipinski definition) is 1. The Bertz CT molecular complexity index is 395. The number of rotatable bonds is 5. The molecule has 0 spiro atoms. The van der Waals surface area contributed by atoms with Crippen LogP contribution in [0.1, 0.15) is 43.3 Å². The Morgan fingerprint density at radius 1 is 1.28 bits per heavy atom. The second-order valence-electron chi connectivity index (χ2n) is 5.58. The molecule has 0 aliphatic carbocycles. The van der Waals surface area contributed by atoms with Crippen LogP contribution < -0.4 is 5.32 Å². The summed E-state index contributed by atoms with van der Waals surface area (Å²) in [6.07, 6.45) is 0. The van der Waals surface area contributed by atoms with Crippen LogP contribution in [0.3, 0.4) is 0 Å². The van der Waals surface area contributed by atoms with E-state index in [9.17, 15) is 0 Å². The molecule has 0 atom stereocenters. The van der Waals surface area contributed by atoms with Crippen LogP contribution in [-0.2, 0) is 27.2 Å². The van der Waals surface area contributed by atoms with Gasteiger partial charge in [0.15, 0.2) is 0 Å².